The molecule has 0 spiro atoms. The zero-order chi connectivity index (χ0) is 18.6. The molecule has 4 nitrogen and oxygen atoms in total. The fraction of sp³-hybridized carbons (Fsp3) is 0.318. The number of ketones is 1. The van der Waals surface area contributed by atoms with E-state index in [1.54, 1.807) is 6.20 Å². The fourth-order valence-electron chi connectivity index (χ4n) is 3.04. The maximum atomic E-state index is 12.2. The summed E-state index contributed by atoms with van der Waals surface area (Å²) < 4.78 is 0. The Morgan fingerprint density at radius 3 is 2.62 bits per heavy atom. The van der Waals surface area contributed by atoms with Gasteiger partial charge in [-0.05, 0) is 34.7 Å². The van der Waals surface area contributed by atoms with E-state index in [1.165, 1.54) is 0 Å². The molecule has 1 N–H and O–H groups in total. The van der Waals surface area contributed by atoms with Crippen LogP contribution in [0.4, 0.5) is 0 Å². The van der Waals surface area contributed by atoms with E-state index >= 15 is 0 Å². The van der Waals surface area contributed by atoms with Crippen molar-refractivity contribution in [2.24, 2.45) is 5.41 Å². The van der Waals surface area contributed by atoms with Crippen molar-refractivity contribution >= 4 is 5.78 Å². The van der Waals surface area contributed by atoms with Crippen molar-refractivity contribution in [1.82, 2.24) is 15.0 Å². The molecule has 0 aliphatic rings. The number of aromatic amines is 1. The van der Waals surface area contributed by atoms with Crippen LogP contribution in [-0.4, -0.2) is 20.7 Å². The number of benzene rings is 1. The highest BCUT2D eigenvalue weighted by molar-refractivity contribution is 5.81. The van der Waals surface area contributed by atoms with Gasteiger partial charge in [0.25, 0.3) is 0 Å². The largest absolute Gasteiger partial charge is 0.360 e. The van der Waals surface area contributed by atoms with E-state index < -0.39 is 0 Å². The molecule has 0 aliphatic heterocycles. The first-order valence-corrected chi connectivity index (χ1v) is 8.94. The highest BCUT2D eigenvalue weighted by atomic mass is 16.1. The maximum Gasteiger partial charge on any atom is 0.137 e. The van der Waals surface area contributed by atoms with Gasteiger partial charge in [-0.1, -0.05) is 45.0 Å². The lowest BCUT2D eigenvalue weighted by Crippen LogP contribution is -2.14. The van der Waals surface area contributed by atoms with Gasteiger partial charge in [0.05, 0.1) is 11.4 Å². The van der Waals surface area contributed by atoms with E-state index in [-0.39, 0.29) is 11.2 Å². The Morgan fingerprint density at radius 1 is 1.08 bits per heavy atom. The van der Waals surface area contributed by atoms with Gasteiger partial charge in [0, 0.05) is 31.7 Å². The number of hydrogen-bond acceptors (Lipinski definition) is 3. The molecule has 0 bridgehead atoms. The standard InChI is InChI=1S/C22H25N3O/c1-22(2,3)15-18(26)13-16-6-4-7-17(12-16)14-21-24-11-9-20(25-21)19-8-5-10-23-19/h4-12,23H,13-15H2,1-3H3. The van der Waals surface area contributed by atoms with Crippen molar-refractivity contribution in [1.29, 1.82) is 0 Å². The van der Waals surface area contributed by atoms with Crippen molar-refractivity contribution in [3.8, 4) is 11.4 Å². The number of aromatic nitrogens is 3. The van der Waals surface area contributed by atoms with Gasteiger partial charge in [0.15, 0.2) is 0 Å². The predicted octanol–water partition coefficient (Wildman–Crippen LogP) is 4.61. The van der Waals surface area contributed by atoms with Gasteiger partial charge >= 0.3 is 0 Å². The van der Waals surface area contributed by atoms with Crippen molar-refractivity contribution < 1.29 is 4.79 Å². The molecule has 134 valence electrons. The number of Topliss-reactive ketones (excluding diaryl/α,β-unsaturated/α-hetero) is 1. The predicted molar refractivity (Wildman–Crippen MR) is 104 cm³/mol. The van der Waals surface area contributed by atoms with E-state index in [4.69, 9.17) is 0 Å². The molecule has 0 aliphatic carbocycles. The zero-order valence-corrected chi connectivity index (χ0v) is 15.6. The van der Waals surface area contributed by atoms with Gasteiger partial charge in [0.2, 0.25) is 0 Å². The van der Waals surface area contributed by atoms with E-state index in [0.717, 1.165) is 28.3 Å². The quantitative estimate of drug-likeness (QED) is 0.708. The molecule has 0 saturated heterocycles. The summed E-state index contributed by atoms with van der Waals surface area (Å²) in [7, 11) is 0. The number of carbonyl (C=O) groups excluding carboxylic acids is 1. The summed E-state index contributed by atoms with van der Waals surface area (Å²) in [4.78, 5) is 24.4. The molecule has 0 fully saturated rings. The molecule has 0 saturated carbocycles. The van der Waals surface area contributed by atoms with Gasteiger partial charge in [0.1, 0.15) is 11.6 Å². The first-order valence-electron chi connectivity index (χ1n) is 8.94. The number of H-pyrrole nitrogens is 1. The van der Waals surface area contributed by atoms with Gasteiger partial charge in [-0.15, -0.1) is 0 Å². The molecule has 0 atom stereocenters. The van der Waals surface area contributed by atoms with Crippen molar-refractivity contribution in [3.05, 3.63) is 71.8 Å². The number of nitrogens with one attached hydrogen (secondary N) is 1. The summed E-state index contributed by atoms with van der Waals surface area (Å²) in [5, 5.41) is 0. The molecule has 3 aromatic rings. The Labute approximate surface area is 154 Å². The molecular formula is C22H25N3O. The van der Waals surface area contributed by atoms with Crippen LogP contribution in [0.15, 0.2) is 54.9 Å². The molecule has 0 unspecified atom stereocenters. The Morgan fingerprint density at radius 2 is 1.88 bits per heavy atom. The average Bonchev–Trinajstić information content (AvgIpc) is 3.08. The van der Waals surface area contributed by atoms with E-state index in [1.807, 2.05) is 36.5 Å². The molecular weight excluding hydrogens is 322 g/mol. The van der Waals surface area contributed by atoms with Crippen molar-refractivity contribution in [3.63, 3.8) is 0 Å². The summed E-state index contributed by atoms with van der Waals surface area (Å²) in [6.07, 6.45) is 5.40. The third-order valence-electron chi connectivity index (χ3n) is 4.06. The number of nitrogens with zero attached hydrogens (tertiary/aromatic N) is 2. The second-order valence-electron chi connectivity index (χ2n) is 7.89. The number of carbonyl (C=O) groups is 1. The van der Waals surface area contributed by atoms with Gasteiger partial charge in [-0.3, -0.25) is 4.79 Å². The Kier molecular flexibility index (Phi) is 5.31. The Balaban J connectivity index is 1.71. The summed E-state index contributed by atoms with van der Waals surface area (Å²) in [6, 6.07) is 14.0. The van der Waals surface area contributed by atoms with Crippen LogP contribution in [-0.2, 0) is 17.6 Å². The number of hydrogen-bond donors (Lipinski definition) is 1. The SMILES string of the molecule is CC(C)(C)CC(=O)Cc1cccc(Cc2nccc(-c3ccc[nH]3)n2)c1. The maximum absolute atomic E-state index is 12.2. The second kappa shape index (κ2) is 7.65. The Bertz CT molecular complexity index is 876. The molecule has 0 radical (unpaired) electrons. The van der Waals surface area contributed by atoms with E-state index in [0.29, 0.717) is 19.3 Å². The fourth-order valence-corrected chi connectivity index (χ4v) is 3.04. The molecule has 1 aromatic carbocycles. The van der Waals surface area contributed by atoms with Crippen LogP contribution < -0.4 is 0 Å². The minimum Gasteiger partial charge on any atom is -0.360 e. The van der Waals surface area contributed by atoms with Gasteiger partial charge in [-0.2, -0.15) is 0 Å². The Hall–Kier alpha value is -2.75. The van der Waals surface area contributed by atoms with Crippen molar-refractivity contribution in [2.45, 2.75) is 40.0 Å². The van der Waals surface area contributed by atoms with Crippen molar-refractivity contribution in [2.75, 3.05) is 0 Å². The second-order valence-corrected chi connectivity index (χ2v) is 7.89. The molecule has 4 heteroatoms. The molecule has 26 heavy (non-hydrogen) atoms. The molecule has 2 aromatic heterocycles. The lowest BCUT2D eigenvalue weighted by molar-refractivity contribution is -0.120. The normalized spacial score (nSPS) is 11.5. The minimum absolute atomic E-state index is 0.0286. The topological polar surface area (TPSA) is 58.6 Å². The summed E-state index contributed by atoms with van der Waals surface area (Å²) in [5.74, 6) is 1.05. The lowest BCUT2D eigenvalue weighted by Gasteiger charge is -2.16. The minimum atomic E-state index is 0.0286. The summed E-state index contributed by atoms with van der Waals surface area (Å²) in [5.41, 5.74) is 4.07. The van der Waals surface area contributed by atoms with Crippen LogP contribution in [0.25, 0.3) is 11.4 Å². The van der Waals surface area contributed by atoms with Crippen LogP contribution in [0.2, 0.25) is 0 Å². The zero-order valence-electron chi connectivity index (χ0n) is 15.6. The van der Waals surface area contributed by atoms with E-state index in [2.05, 4.69) is 47.9 Å². The van der Waals surface area contributed by atoms with E-state index in [9.17, 15) is 4.79 Å². The highest BCUT2D eigenvalue weighted by Crippen LogP contribution is 2.20. The number of rotatable bonds is 6. The third-order valence-corrected chi connectivity index (χ3v) is 4.06. The molecule has 3 rings (SSSR count). The highest BCUT2D eigenvalue weighted by Gasteiger charge is 2.16. The molecule has 2 heterocycles. The first-order chi connectivity index (χ1) is 12.4. The first kappa shape index (κ1) is 18.1. The summed E-state index contributed by atoms with van der Waals surface area (Å²) in [6.45, 7) is 6.28. The monoisotopic (exact) mass is 347 g/mol. The molecule has 0 amide bonds. The summed E-state index contributed by atoms with van der Waals surface area (Å²) >= 11 is 0. The smallest absolute Gasteiger partial charge is 0.137 e. The average molecular weight is 347 g/mol. The lowest BCUT2D eigenvalue weighted by atomic mass is 9.88. The van der Waals surface area contributed by atoms with Crippen LogP contribution in [0.1, 0.15) is 44.1 Å². The van der Waals surface area contributed by atoms with Crippen LogP contribution in [0.5, 0.6) is 0 Å². The van der Waals surface area contributed by atoms with Crippen LogP contribution in [0.3, 0.4) is 0 Å². The van der Waals surface area contributed by atoms with Gasteiger partial charge < -0.3 is 4.98 Å². The van der Waals surface area contributed by atoms with Crippen LogP contribution in [0, 0.1) is 5.41 Å². The third kappa shape index (κ3) is 5.12. The van der Waals surface area contributed by atoms with Gasteiger partial charge in [-0.25, -0.2) is 9.97 Å². The van der Waals surface area contributed by atoms with Crippen LogP contribution >= 0.6 is 0 Å².